The van der Waals surface area contributed by atoms with Crippen molar-refractivity contribution >= 4 is 17.9 Å². The summed E-state index contributed by atoms with van der Waals surface area (Å²) in [5.74, 6) is -1.85. The summed E-state index contributed by atoms with van der Waals surface area (Å²) in [6.07, 6.45) is 0.904. The van der Waals surface area contributed by atoms with E-state index in [4.69, 9.17) is 18.9 Å². The highest BCUT2D eigenvalue weighted by atomic mass is 16.6. The van der Waals surface area contributed by atoms with E-state index in [1.54, 1.807) is 13.0 Å². The summed E-state index contributed by atoms with van der Waals surface area (Å²) in [6, 6.07) is 0. The predicted octanol–water partition coefficient (Wildman–Crippen LogP) is 0.899. The molecule has 0 N–H and O–H groups in total. The molecule has 0 aromatic heterocycles. The van der Waals surface area contributed by atoms with Crippen molar-refractivity contribution in [3.63, 3.8) is 0 Å². The van der Waals surface area contributed by atoms with Crippen LogP contribution < -0.4 is 0 Å². The van der Waals surface area contributed by atoms with Gasteiger partial charge in [0.05, 0.1) is 23.2 Å². The zero-order chi connectivity index (χ0) is 17.2. The van der Waals surface area contributed by atoms with Gasteiger partial charge in [0.2, 0.25) is 0 Å². The van der Waals surface area contributed by atoms with Crippen LogP contribution in [0.3, 0.4) is 0 Å². The molecule has 7 heteroatoms. The van der Waals surface area contributed by atoms with Crippen molar-refractivity contribution in [2.75, 3.05) is 0 Å². The number of hydrogen-bond acceptors (Lipinski definition) is 7. The monoisotopic (exact) mass is 336 g/mol. The normalized spacial score (nSPS) is 46.2. The molecule has 0 aromatic carbocycles. The molecular weight excluding hydrogens is 316 g/mol. The highest BCUT2D eigenvalue weighted by Gasteiger charge is 2.60. The Balaban J connectivity index is 1.72. The predicted molar refractivity (Wildman–Crippen MR) is 78.6 cm³/mol. The minimum atomic E-state index is -0.684. The summed E-state index contributed by atoms with van der Waals surface area (Å²) in [6.45, 7) is 5.05. The van der Waals surface area contributed by atoms with Gasteiger partial charge in [0, 0.05) is 25.7 Å². The molecule has 2 bridgehead atoms. The van der Waals surface area contributed by atoms with Gasteiger partial charge in [-0.25, -0.2) is 4.79 Å². The molecule has 0 spiro atoms. The van der Waals surface area contributed by atoms with Gasteiger partial charge >= 0.3 is 17.9 Å². The van der Waals surface area contributed by atoms with Crippen LogP contribution in [0.25, 0.3) is 0 Å². The molecule has 130 valence electrons. The highest BCUT2D eigenvalue weighted by molar-refractivity contribution is 5.92. The zero-order valence-electron chi connectivity index (χ0n) is 13.8. The minimum Gasteiger partial charge on any atom is -0.462 e. The van der Waals surface area contributed by atoms with Gasteiger partial charge in [-0.15, -0.1) is 0 Å². The van der Waals surface area contributed by atoms with Gasteiger partial charge in [-0.1, -0.05) is 6.92 Å². The van der Waals surface area contributed by atoms with Gasteiger partial charge in [0.15, 0.2) is 0 Å². The molecule has 7 atom stereocenters. The van der Waals surface area contributed by atoms with Crippen molar-refractivity contribution in [2.24, 2.45) is 11.8 Å². The van der Waals surface area contributed by atoms with Crippen molar-refractivity contribution in [3.8, 4) is 0 Å². The number of epoxide rings is 1. The Labute approximate surface area is 139 Å². The summed E-state index contributed by atoms with van der Waals surface area (Å²) >= 11 is 0. The first-order valence-corrected chi connectivity index (χ1v) is 8.27. The molecule has 0 aromatic rings. The van der Waals surface area contributed by atoms with Gasteiger partial charge in [-0.2, -0.15) is 0 Å². The molecule has 0 radical (unpaired) electrons. The standard InChI is InChI=1S/C17H20O7/c1-7-14-11-4-9(16(20)22-11)10(21-8(2)18)5-13-17(3,24-13)6-12(14)23-15(7)19/h4,7,10-14H,5-6H2,1-3H3/t7-,10+,11?,12?,13?,14?,17+/m1/s1. The average molecular weight is 336 g/mol. The molecular formula is C17H20O7. The van der Waals surface area contributed by atoms with Crippen molar-refractivity contribution < 1.29 is 33.3 Å². The van der Waals surface area contributed by atoms with E-state index in [0.717, 1.165) is 0 Å². The van der Waals surface area contributed by atoms with Crippen molar-refractivity contribution in [2.45, 2.75) is 63.6 Å². The Bertz CT molecular complexity index is 653. The van der Waals surface area contributed by atoms with Crippen LogP contribution in [-0.4, -0.2) is 47.9 Å². The second-order valence-corrected chi connectivity index (χ2v) is 7.29. The molecule has 4 unspecified atom stereocenters. The van der Waals surface area contributed by atoms with E-state index in [0.29, 0.717) is 18.4 Å². The first-order valence-electron chi connectivity index (χ1n) is 8.27. The lowest BCUT2D eigenvalue weighted by molar-refractivity contribution is -0.148. The summed E-state index contributed by atoms with van der Waals surface area (Å²) in [5, 5.41) is 0. The Hall–Kier alpha value is -1.89. The lowest BCUT2D eigenvalue weighted by Gasteiger charge is -2.25. The van der Waals surface area contributed by atoms with Gasteiger partial charge in [-0.3, -0.25) is 9.59 Å². The zero-order valence-corrected chi connectivity index (χ0v) is 13.8. The summed E-state index contributed by atoms with van der Waals surface area (Å²) in [7, 11) is 0. The lowest BCUT2D eigenvalue weighted by Crippen LogP contribution is -2.35. The van der Waals surface area contributed by atoms with E-state index in [-0.39, 0.29) is 30.0 Å². The van der Waals surface area contributed by atoms with E-state index in [9.17, 15) is 14.4 Å². The third kappa shape index (κ3) is 2.33. The number of rotatable bonds is 1. The van der Waals surface area contributed by atoms with Gasteiger partial charge in [0.25, 0.3) is 0 Å². The SMILES string of the molecule is CC(=O)O[C@H]1CC2O[C@@]2(C)CC2OC(=O)[C@H](C)C2C2C=C1C(=O)O2. The number of carbonyl (C=O) groups is 3. The van der Waals surface area contributed by atoms with E-state index in [1.807, 2.05) is 6.92 Å². The van der Waals surface area contributed by atoms with Crippen LogP contribution in [0, 0.1) is 11.8 Å². The minimum absolute atomic E-state index is 0.150. The van der Waals surface area contributed by atoms with Gasteiger partial charge in [0.1, 0.15) is 18.3 Å². The van der Waals surface area contributed by atoms with Crippen LogP contribution in [-0.2, 0) is 33.3 Å². The fraction of sp³-hybridized carbons (Fsp3) is 0.706. The smallest absolute Gasteiger partial charge is 0.338 e. The maximum absolute atomic E-state index is 12.3. The van der Waals surface area contributed by atoms with Crippen molar-refractivity contribution in [1.29, 1.82) is 0 Å². The van der Waals surface area contributed by atoms with Crippen LogP contribution >= 0.6 is 0 Å². The molecule has 0 saturated carbocycles. The molecule has 4 rings (SSSR count). The molecule has 0 amide bonds. The fourth-order valence-electron chi connectivity index (χ4n) is 4.19. The fourth-order valence-corrected chi connectivity index (χ4v) is 4.19. The van der Waals surface area contributed by atoms with E-state index < -0.39 is 29.7 Å². The lowest BCUT2D eigenvalue weighted by atomic mass is 9.81. The first-order chi connectivity index (χ1) is 11.3. The number of hydrogen-bond donors (Lipinski definition) is 0. The Morgan fingerprint density at radius 2 is 2.08 bits per heavy atom. The quantitative estimate of drug-likeness (QED) is 0.399. The molecule has 2 saturated heterocycles. The summed E-state index contributed by atoms with van der Waals surface area (Å²) in [4.78, 5) is 35.8. The van der Waals surface area contributed by atoms with Crippen LogP contribution in [0.5, 0.6) is 0 Å². The summed E-state index contributed by atoms with van der Waals surface area (Å²) < 4.78 is 22.2. The topological polar surface area (TPSA) is 91.4 Å². The van der Waals surface area contributed by atoms with Crippen LogP contribution in [0.1, 0.15) is 33.6 Å². The number of ether oxygens (including phenoxy) is 4. The molecule has 3 heterocycles. The molecule has 24 heavy (non-hydrogen) atoms. The largest absolute Gasteiger partial charge is 0.462 e. The molecule has 1 aliphatic carbocycles. The molecule has 3 aliphatic heterocycles. The number of fused-ring (bicyclic) bond motifs is 4. The maximum Gasteiger partial charge on any atom is 0.338 e. The van der Waals surface area contributed by atoms with E-state index in [2.05, 4.69) is 0 Å². The van der Waals surface area contributed by atoms with Crippen LogP contribution in [0.2, 0.25) is 0 Å². The highest BCUT2D eigenvalue weighted by Crippen LogP contribution is 2.50. The van der Waals surface area contributed by atoms with Gasteiger partial charge < -0.3 is 18.9 Å². The van der Waals surface area contributed by atoms with Crippen molar-refractivity contribution in [1.82, 2.24) is 0 Å². The first kappa shape index (κ1) is 15.6. The molecule has 7 nitrogen and oxygen atoms in total. The van der Waals surface area contributed by atoms with E-state index >= 15 is 0 Å². The third-order valence-electron chi connectivity index (χ3n) is 5.57. The van der Waals surface area contributed by atoms with Crippen LogP contribution in [0.15, 0.2) is 11.6 Å². The molecule has 2 fully saturated rings. The van der Waals surface area contributed by atoms with E-state index in [1.165, 1.54) is 6.92 Å². The summed E-state index contributed by atoms with van der Waals surface area (Å²) in [5.41, 5.74) is -0.105. The Kier molecular flexibility index (Phi) is 3.29. The number of esters is 3. The second kappa shape index (κ2) is 5.05. The Morgan fingerprint density at radius 3 is 2.79 bits per heavy atom. The van der Waals surface area contributed by atoms with Crippen molar-refractivity contribution in [3.05, 3.63) is 11.6 Å². The maximum atomic E-state index is 12.3. The second-order valence-electron chi connectivity index (χ2n) is 7.29. The average Bonchev–Trinajstić information content (AvgIpc) is 2.80. The van der Waals surface area contributed by atoms with Crippen LogP contribution in [0.4, 0.5) is 0 Å². The third-order valence-corrected chi connectivity index (χ3v) is 5.57. The molecule has 4 aliphatic rings. The van der Waals surface area contributed by atoms with Gasteiger partial charge in [-0.05, 0) is 13.0 Å². The Morgan fingerprint density at radius 1 is 1.33 bits per heavy atom. The number of carbonyl (C=O) groups excluding carboxylic acids is 3.